The van der Waals surface area contributed by atoms with Gasteiger partial charge in [-0.25, -0.2) is 0 Å². The van der Waals surface area contributed by atoms with Gasteiger partial charge in [0, 0.05) is 24.8 Å². The Morgan fingerprint density at radius 2 is 1.48 bits per heavy atom. The normalized spacial score (nSPS) is 13.0. The van der Waals surface area contributed by atoms with Crippen molar-refractivity contribution in [3.8, 4) is 0 Å². The van der Waals surface area contributed by atoms with E-state index in [1.54, 1.807) is 0 Å². The Bertz CT molecular complexity index is 386. The molecule has 0 aliphatic rings. The van der Waals surface area contributed by atoms with E-state index in [2.05, 4.69) is 63.8 Å². The van der Waals surface area contributed by atoms with Crippen LogP contribution in [-0.4, -0.2) is 13.1 Å². The van der Waals surface area contributed by atoms with Gasteiger partial charge in [-0.15, -0.1) is 0 Å². The van der Waals surface area contributed by atoms with Crippen LogP contribution in [0.15, 0.2) is 24.3 Å². The molecule has 0 amide bonds. The zero-order valence-electron chi connectivity index (χ0n) is 14.6. The van der Waals surface area contributed by atoms with E-state index >= 15 is 0 Å². The van der Waals surface area contributed by atoms with E-state index in [9.17, 15) is 0 Å². The maximum Gasteiger partial charge on any atom is 0.0414 e. The van der Waals surface area contributed by atoms with E-state index in [1.165, 1.54) is 24.1 Å². The lowest BCUT2D eigenvalue weighted by atomic mass is 10.0. The van der Waals surface area contributed by atoms with Gasteiger partial charge in [-0.05, 0) is 42.7 Å². The van der Waals surface area contributed by atoms with Crippen molar-refractivity contribution >= 4 is 5.69 Å². The van der Waals surface area contributed by atoms with Gasteiger partial charge >= 0.3 is 0 Å². The predicted octanol–water partition coefficient (Wildman–Crippen LogP) is 5.00. The minimum Gasteiger partial charge on any atom is -0.371 e. The first-order valence-electron chi connectivity index (χ1n) is 8.55. The average Bonchev–Trinajstić information content (AvgIpc) is 2.46. The van der Waals surface area contributed by atoms with Crippen molar-refractivity contribution in [1.29, 1.82) is 0 Å². The van der Waals surface area contributed by atoms with E-state index in [1.807, 2.05) is 0 Å². The van der Waals surface area contributed by atoms with Crippen LogP contribution in [0.2, 0.25) is 0 Å². The zero-order valence-corrected chi connectivity index (χ0v) is 14.6. The number of nitrogens with zero attached hydrogens (tertiary/aromatic N) is 1. The van der Waals surface area contributed by atoms with Crippen LogP contribution in [0.4, 0.5) is 5.69 Å². The molecule has 0 aliphatic carbocycles. The molecule has 21 heavy (non-hydrogen) atoms. The highest BCUT2D eigenvalue weighted by Crippen LogP contribution is 2.28. The molecule has 0 saturated heterocycles. The minimum absolute atomic E-state index is 0.141. The van der Waals surface area contributed by atoms with Gasteiger partial charge in [0.2, 0.25) is 0 Å². The molecule has 0 spiro atoms. The second-order valence-electron chi connectivity index (χ2n) is 6.93. The Labute approximate surface area is 131 Å². The predicted molar refractivity (Wildman–Crippen MR) is 94.8 cm³/mol. The van der Waals surface area contributed by atoms with E-state index in [0.29, 0.717) is 0 Å². The maximum atomic E-state index is 6.32. The molecular formula is C19H34N2. The van der Waals surface area contributed by atoms with Gasteiger partial charge in [0.05, 0.1) is 0 Å². The van der Waals surface area contributed by atoms with Crippen molar-refractivity contribution in [2.75, 3.05) is 18.0 Å². The highest BCUT2D eigenvalue weighted by Gasteiger charge is 2.15. The quantitative estimate of drug-likeness (QED) is 0.694. The molecule has 0 aromatic heterocycles. The van der Waals surface area contributed by atoms with E-state index in [0.717, 1.165) is 31.3 Å². The first kappa shape index (κ1) is 18.0. The van der Waals surface area contributed by atoms with Crippen LogP contribution in [-0.2, 0) is 0 Å². The summed E-state index contributed by atoms with van der Waals surface area (Å²) in [7, 11) is 0. The summed E-state index contributed by atoms with van der Waals surface area (Å²) in [6.07, 6.45) is 3.45. The molecule has 0 bridgehead atoms. The Morgan fingerprint density at radius 3 is 1.95 bits per heavy atom. The van der Waals surface area contributed by atoms with Gasteiger partial charge < -0.3 is 10.6 Å². The third-order valence-corrected chi connectivity index (χ3v) is 4.07. The number of hydrogen-bond acceptors (Lipinski definition) is 2. The van der Waals surface area contributed by atoms with Crippen LogP contribution in [0.1, 0.15) is 65.5 Å². The lowest BCUT2D eigenvalue weighted by Gasteiger charge is -2.30. The minimum atomic E-state index is 0.141. The zero-order chi connectivity index (χ0) is 15.8. The average molecular weight is 290 g/mol. The molecule has 2 heteroatoms. The Balaban J connectivity index is 2.95. The molecule has 1 rings (SSSR count). The Morgan fingerprint density at radius 1 is 0.952 bits per heavy atom. The molecule has 0 radical (unpaired) electrons. The number of nitrogens with two attached hydrogens (primary N) is 1. The fourth-order valence-electron chi connectivity index (χ4n) is 2.49. The monoisotopic (exact) mass is 290 g/mol. The number of rotatable bonds is 9. The van der Waals surface area contributed by atoms with Crippen molar-refractivity contribution in [1.82, 2.24) is 0 Å². The van der Waals surface area contributed by atoms with Crippen LogP contribution in [0.5, 0.6) is 0 Å². The number of para-hydroxylation sites is 1. The number of anilines is 1. The molecule has 2 nitrogen and oxygen atoms in total. The SMILES string of the molecule is CCC(N)c1ccccc1N(CCC(C)C)CCC(C)C. The first-order valence-corrected chi connectivity index (χ1v) is 8.55. The van der Waals surface area contributed by atoms with Gasteiger partial charge in [-0.3, -0.25) is 0 Å². The number of benzene rings is 1. The molecular weight excluding hydrogens is 256 g/mol. The summed E-state index contributed by atoms with van der Waals surface area (Å²) < 4.78 is 0. The summed E-state index contributed by atoms with van der Waals surface area (Å²) in [5.41, 5.74) is 8.96. The first-order chi connectivity index (χ1) is 9.95. The maximum absolute atomic E-state index is 6.32. The molecule has 0 heterocycles. The summed E-state index contributed by atoms with van der Waals surface area (Å²) in [5, 5.41) is 0. The van der Waals surface area contributed by atoms with Crippen molar-refractivity contribution in [3.05, 3.63) is 29.8 Å². The van der Waals surface area contributed by atoms with Gasteiger partial charge in [0.25, 0.3) is 0 Å². The fraction of sp³-hybridized carbons (Fsp3) is 0.684. The Kier molecular flexibility index (Phi) is 7.81. The largest absolute Gasteiger partial charge is 0.371 e. The molecule has 0 aliphatic heterocycles. The molecule has 1 aromatic rings. The lowest BCUT2D eigenvalue weighted by Crippen LogP contribution is -2.29. The standard InChI is InChI=1S/C19H34N2/c1-6-18(20)17-9-7-8-10-19(17)21(13-11-15(2)3)14-12-16(4)5/h7-10,15-16,18H,6,11-14,20H2,1-5H3. The summed E-state index contributed by atoms with van der Waals surface area (Å²) in [6.45, 7) is 13.6. The summed E-state index contributed by atoms with van der Waals surface area (Å²) in [4.78, 5) is 2.55. The smallest absolute Gasteiger partial charge is 0.0414 e. The molecule has 0 fully saturated rings. The lowest BCUT2D eigenvalue weighted by molar-refractivity contribution is 0.533. The van der Waals surface area contributed by atoms with Crippen molar-refractivity contribution in [2.24, 2.45) is 17.6 Å². The molecule has 2 N–H and O–H groups in total. The number of hydrogen-bond donors (Lipinski definition) is 1. The van der Waals surface area contributed by atoms with Gasteiger partial charge in [-0.2, -0.15) is 0 Å². The molecule has 0 saturated carbocycles. The van der Waals surface area contributed by atoms with E-state index in [4.69, 9.17) is 5.73 Å². The van der Waals surface area contributed by atoms with Gasteiger partial charge in [0.1, 0.15) is 0 Å². The molecule has 1 aromatic carbocycles. The highest BCUT2D eigenvalue weighted by molar-refractivity contribution is 5.55. The van der Waals surface area contributed by atoms with Crippen molar-refractivity contribution in [2.45, 2.75) is 59.9 Å². The van der Waals surface area contributed by atoms with Crippen LogP contribution >= 0.6 is 0 Å². The second-order valence-corrected chi connectivity index (χ2v) is 6.93. The van der Waals surface area contributed by atoms with Gasteiger partial charge in [0.15, 0.2) is 0 Å². The molecule has 1 unspecified atom stereocenters. The van der Waals surface area contributed by atoms with Crippen LogP contribution < -0.4 is 10.6 Å². The van der Waals surface area contributed by atoms with Crippen molar-refractivity contribution in [3.63, 3.8) is 0 Å². The second kappa shape index (κ2) is 9.09. The summed E-state index contributed by atoms with van der Waals surface area (Å²) >= 11 is 0. The van der Waals surface area contributed by atoms with E-state index in [-0.39, 0.29) is 6.04 Å². The summed E-state index contributed by atoms with van der Waals surface area (Å²) in [6, 6.07) is 8.82. The molecule has 1 atom stereocenters. The third kappa shape index (κ3) is 6.09. The summed E-state index contributed by atoms with van der Waals surface area (Å²) in [5.74, 6) is 1.47. The van der Waals surface area contributed by atoms with Crippen LogP contribution in [0.25, 0.3) is 0 Å². The van der Waals surface area contributed by atoms with Gasteiger partial charge in [-0.1, -0.05) is 52.8 Å². The molecule has 120 valence electrons. The Hall–Kier alpha value is -1.02. The van der Waals surface area contributed by atoms with Crippen LogP contribution in [0.3, 0.4) is 0 Å². The van der Waals surface area contributed by atoms with Crippen LogP contribution in [0, 0.1) is 11.8 Å². The van der Waals surface area contributed by atoms with E-state index < -0.39 is 0 Å². The van der Waals surface area contributed by atoms with Crippen molar-refractivity contribution < 1.29 is 0 Å². The fourth-order valence-corrected chi connectivity index (χ4v) is 2.49. The third-order valence-electron chi connectivity index (χ3n) is 4.07. The topological polar surface area (TPSA) is 29.3 Å². The highest BCUT2D eigenvalue weighted by atomic mass is 15.1.